The standard InChI is InChI=1S/C15H25NO3/c1-5-16-8-13-6-11(2)15(12(3)7-13)19-10-14(17)9-18-4/h6-7,14,16-17H,5,8-10H2,1-4H3. The highest BCUT2D eigenvalue weighted by Gasteiger charge is 2.09. The van der Waals surface area contributed by atoms with E-state index in [9.17, 15) is 5.11 Å². The molecule has 1 atom stereocenters. The highest BCUT2D eigenvalue weighted by molar-refractivity contribution is 5.43. The molecule has 108 valence electrons. The van der Waals surface area contributed by atoms with Gasteiger partial charge in [0, 0.05) is 13.7 Å². The second kappa shape index (κ2) is 8.15. The molecule has 1 aromatic rings. The van der Waals surface area contributed by atoms with Gasteiger partial charge in [-0.1, -0.05) is 19.1 Å². The predicted molar refractivity (Wildman–Crippen MR) is 76.7 cm³/mol. The largest absolute Gasteiger partial charge is 0.490 e. The molecule has 4 nitrogen and oxygen atoms in total. The van der Waals surface area contributed by atoms with E-state index < -0.39 is 6.10 Å². The van der Waals surface area contributed by atoms with Crippen LogP contribution in [0.4, 0.5) is 0 Å². The maximum Gasteiger partial charge on any atom is 0.125 e. The molecule has 19 heavy (non-hydrogen) atoms. The van der Waals surface area contributed by atoms with Crippen molar-refractivity contribution in [2.45, 2.75) is 33.4 Å². The third-order valence-electron chi connectivity index (χ3n) is 2.88. The summed E-state index contributed by atoms with van der Waals surface area (Å²) in [5.74, 6) is 0.857. The summed E-state index contributed by atoms with van der Waals surface area (Å²) in [7, 11) is 1.56. The van der Waals surface area contributed by atoms with Crippen LogP contribution in [0.1, 0.15) is 23.6 Å². The van der Waals surface area contributed by atoms with E-state index in [1.165, 1.54) is 5.56 Å². The van der Waals surface area contributed by atoms with Gasteiger partial charge >= 0.3 is 0 Å². The highest BCUT2D eigenvalue weighted by Crippen LogP contribution is 2.25. The Morgan fingerprint density at radius 3 is 2.37 bits per heavy atom. The van der Waals surface area contributed by atoms with Crippen molar-refractivity contribution in [3.8, 4) is 5.75 Å². The number of hydrogen-bond acceptors (Lipinski definition) is 4. The van der Waals surface area contributed by atoms with Crippen LogP contribution in [0.3, 0.4) is 0 Å². The van der Waals surface area contributed by atoms with E-state index in [0.717, 1.165) is 30.0 Å². The number of aliphatic hydroxyl groups excluding tert-OH is 1. The average Bonchev–Trinajstić information content (AvgIpc) is 2.35. The van der Waals surface area contributed by atoms with Crippen molar-refractivity contribution in [1.29, 1.82) is 0 Å². The van der Waals surface area contributed by atoms with Crippen molar-refractivity contribution in [3.63, 3.8) is 0 Å². The number of methoxy groups -OCH3 is 1. The van der Waals surface area contributed by atoms with Crippen LogP contribution >= 0.6 is 0 Å². The molecule has 0 saturated heterocycles. The maximum absolute atomic E-state index is 9.60. The summed E-state index contributed by atoms with van der Waals surface area (Å²) in [6.45, 7) is 8.51. The predicted octanol–water partition coefficient (Wildman–Crippen LogP) is 1.80. The summed E-state index contributed by atoms with van der Waals surface area (Å²) >= 11 is 0. The van der Waals surface area contributed by atoms with Gasteiger partial charge in [-0.2, -0.15) is 0 Å². The smallest absolute Gasteiger partial charge is 0.125 e. The minimum Gasteiger partial charge on any atom is -0.490 e. The van der Waals surface area contributed by atoms with Crippen LogP contribution in [-0.4, -0.2) is 38.1 Å². The van der Waals surface area contributed by atoms with Gasteiger partial charge in [0.2, 0.25) is 0 Å². The van der Waals surface area contributed by atoms with E-state index in [1.807, 2.05) is 13.8 Å². The Bertz CT molecular complexity index is 370. The van der Waals surface area contributed by atoms with Crippen LogP contribution in [0.2, 0.25) is 0 Å². The quantitative estimate of drug-likeness (QED) is 0.754. The topological polar surface area (TPSA) is 50.7 Å². The molecule has 0 radical (unpaired) electrons. The molecule has 0 saturated carbocycles. The molecule has 0 amide bonds. The lowest BCUT2D eigenvalue weighted by atomic mass is 10.1. The fourth-order valence-corrected chi connectivity index (χ4v) is 2.06. The molecule has 0 spiro atoms. The average molecular weight is 267 g/mol. The third kappa shape index (κ3) is 5.19. The molecular formula is C15H25NO3. The summed E-state index contributed by atoms with van der Waals surface area (Å²) in [6.07, 6.45) is -0.592. The van der Waals surface area contributed by atoms with E-state index in [1.54, 1.807) is 7.11 Å². The van der Waals surface area contributed by atoms with Gasteiger partial charge in [0.15, 0.2) is 0 Å². The van der Waals surface area contributed by atoms with Gasteiger partial charge in [-0.15, -0.1) is 0 Å². The molecule has 0 aliphatic rings. The van der Waals surface area contributed by atoms with Crippen molar-refractivity contribution in [2.24, 2.45) is 0 Å². The molecule has 0 bridgehead atoms. The molecule has 1 aromatic carbocycles. The van der Waals surface area contributed by atoms with Gasteiger partial charge in [0.1, 0.15) is 18.5 Å². The molecule has 0 aliphatic heterocycles. The number of aryl methyl sites for hydroxylation is 2. The van der Waals surface area contributed by atoms with Gasteiger partial charge in [-0.25, -0.2) is 0 Å². The molecule has 0 fully saturated rings. The van der Waals surface area contributed by atoms with Crippen LogP contribution in [0.5, 0.6) is 5.75 Å². The van der Waals surface area contributed by atoms with Gasteiger partial charge in [-0.05, 0) is 37.1 Å². The SMILES string of the molecule is CCNCc1cc(C)c(OCC(O)COC)c(C)c1. The lowest BCUT2D eigenvalue weighted by Gasteiger charge is -2.16. The first kappa shape index (κ1) is 16.0. The van der Waals surface area contributed by atoms with Crippen LogP contribution in [0, 0.1) is 13.8 Å². The zero-order chi connectivity index (χ0) is 14.3. The van der Waals surface area contributed by atoms with Gasteiger partial charge in [-0.3, -0.25) is 0 Å². The second-order valence-electron chi connectivity index (χ2n) is 4.76. The Labute approximate surface area is 115 Å². The van der Waals surface area contributed by atoms with Crippen molar-refractivity contribution >= 4 is 0 Å². The number of ether oxygens (including phenoxy) is 2. The summed E-state index contributed by atoms with van der Waals surface area (Å²) in [6, 6.07) is 4.24. The molecule has 4 heteroatoms. The van der Waals surface area contributed by atoms with Crippen LogP contribution < -0.4 is 10.1 Å². The normalized spacial score (nSPS) is 12.5. The van der Waals surface area contributed by atoms with E-state index in [0.29, 0.717) is 0 Å². The molecule has 0 aliphatic carbocycles. The zero-order valence-electron chi connectivity index (χ0n) is 12.3. The van der Waals surface area contributed by atoms with Crippen molar-refractivity contribution < 1.29 is 14.6 Å². The lowest BCUT2D eigenvalue weighted by molar-refractivity contribution is 0.0322. The minimum absolute atomic E-state index is 0.252. The molecule has 0 aromatic heterocycles. The molecular weight excluding hydrogens is 242 g/mol. The van der Waals surface area contributed by atoms with Crippen molar-refractivity contribution in [2.75, 3.05) is 26.9 Å². The Morgan fingerprint density at radius 1 is 1.21 bits per heavy atom. The Hall–Kier alpha value is -1.10. The Kier molecular flexibility index (Phi) is 6.84. The van der Waals surface area contributed by atoms with E-state index in [2.05, 4.69) is 24.4 Å². The van der Waals surface area contributed by atoms with E-state index in [-0.39, 0.29) is 13.2 Å². The van der Waals surface area contributed by atoms with Crippen LogP contribution in [0.15, 0.2) is 12.1 Å². The number of rotatable bonds is 8. The maximum atomic E-state index is 9.60. The Balaban J connectivity index is 2.68. The number of nitrogens with one attached hydrogen (secondary N) is 1. The zero-order valence-corrected chi connectivity index (χ0v) is 12.3. The lowest BCUT2D eigenvalue weighted by Crippen LogP contribution is -2.23. The fourth-order valence-electron chi connectivity index (χ4n) is 2.06. The summed E-state index contributed by atoms with van der Waals surface area (Å²) in [5.41, 5.74) is 3.44. The van der Waals surface area contributed by atoms with Crippen molar-refractivity contribution in [1.82, 2.24) is 5.32 Å². The minimum atomic E-state index is -0.592. The van der Waals surface area contributed by atoms with Crippen LogP contribution in [0.25, 0.3) is 0 Å². The Morgan fingerprint density at radius 2 is 1.84 bits per heavy atom. The first-order chi connectivity index (χ1) is 9.08. The van der Waals surface area contributed by atoms with Gasteiger partial charge in [0.05, 0.1) is 6.61 Å². The molecule has 2 N–H and O–H groups in total. The summed E-state index contributed by atoms with van der Waals surface area (Å²) in [5, 5.41) is 12.9. The van der Waals surface area contributed by atoms with Crippen molar-refractivity contribution in [3.05, 3.63) is 28.8 Å². The number of hydrogen-bond donors (Lipinski definition) is 2. The molecule has 1 unspecified atom stereocenters. The summed E-state index contributed by atoms with van der Waals surface area (Å²) < 4.78 is 10.6. The first-order valence-corrected chi connectivity index (χ1v) is 6.69. The van der Waals surface area contributed by atoms with Gasteiger partial charge in [0.25, 0.3) is 0 Å². The first-order valence-electron chi connectivity index (χ1n) is 6.69. The molecule has 0 heterocycles. The second-order valence-corrected chi connectivity index (χ2v) is 4.76. The fraction of sp³-hybridized carbons (Fsp3) is 0.600. The van der Waals surface area contributed by atoms with E-state index in [4.69, 9.17) is 9.47 Å². The van der Waals surface area contributed by atoms with Crippen LogP contribution in [-0.2, 0) is 11.3 Å². The van der Waals surface area contributed by atoms with Gasteiger partial charge < -0.3 is 19.9 Å². The number of aliphatic hydroxyl groups is 1. The number of benzene rings is 1. The molecule has 1 rings (SSSR count). The third-order valence-corrected chi connectivity index (χ3v) is 2.88. The highest BCUT2D eigenvalue weighted by atomic mass is 16.5. The van der Waals surface area contributed by atoms with E-state index >= 15 is 0 Å². The monoisotopic (exact) mass is 267 g/mol. The summed E-state index contributed by atoms with van der Waals surface area (Å²) in [4.78, 5) is 0.